The summed E-state index contributed by atoms with van der Waals surface area (Å²) in [7, 11) is 1.56. The molecular weight excluding hydrogens is 272 g/mol. The van der Waals surface area contributed by atoms with Gasteiger partial charge in [0.2, 0.25) is 0 Å². The first kappa shape index (κ1) is 17.5. The van der Waals surface area contributed by atoms with Gasteiger partial charge in [0.1, 0.15) is 17.6 Å². The maximum absolute atomic E-state index is 11.9. The van der Waals surface area contributed by atoms with Crippen molar-refractivity contribution in [3.05, 3.63) is 23.7 Å². The highest BCUT2D eigenvalue weighted by atomic mass is 16.5. The Morgan fingerprint density at radius 1 is 1.43 bits per heavy atom. The van der Waals surface area contributed by atoms with E-state index >= 15 is 0 Å². The summed E-state index contributed by atoms with van der Waals surface area (Å²) in [6.07, 6.45) is 0.113. The number of furan rings is 1. The summed E-state index contributed by atoms with van der Waals surface area (Å²) in [5.41, 5.74) is 0. The lowest BCUT2D eigenvalue weighted by molar-refractivity contribution is 0.141. The van der Waals surface area contributed by atoms with Crippen molar-refractivity contribution in [1.82, 2.24) is 10.6 Å². The molecule has 0 aliphatic carbocycles. The molecule has 0 radical (unpaired) electrons. The Kier molecular flexibility index (Phi) is 7.25. The van der Waals surface area contributed by atoms with Crippen LogP contribution >= 0.6 is 0 Å². The van der Waals surface area contributed by atoms with Crippen LogP contribution in [0.3, 0.4) is 0 Å². The van der Waals surface area contributed by atoms with Crippen LogP contribution in [0.5, 0.6) is 0 Å². The Hall–Kier alpha value is -1.53. The van der Waals surface area contributed by atoms with Crippen molar-refractivity contribution in [3.8, 4) is 0 Å². The second kappa shape index (κ2) is 8.69. The fourth-order valence-corrected chi connectivity index (χ4v) is 2.05. The highest BCUT2D eigenvalue weighted by molar-refractivity contribution is 5.74. The van der Waals surface area contributed by atoms with Gasteiger partial charge in [-0.05, 0) is 31.4 Å². The number of aliphatic hydroxyl groups is 1. The van der Waals surface area contributed by atoms with E-state index in [0.717, 1.165) is 5.76 Å². The normalized spacial score (nSPS) is 14.0. The van der Waals surface area contributed by atoms with Gasteiger partial charge in [-0.1, -0.05) is 13.8 Å². The molecule has 0 aliphatic heterocycles. The van der Waals surface area contributed by atoms with Crippen LogP contribution in [0, 0.1) is 12.8 Å². The van der Waals surface area contributed by atoms with Crippen molar-refractivity contribution in [2.24, 2.45) is 5.92 Å². The van der Waals surface area contributed by atoms with E-state index in [1.807, 2.05) is 32.9 Å². The molecule has 1 heterocycles. The minimum Gasteiger partial charge on any atom is -0.464 e. The summed E-state index contributed by atoms with van der Waals surface area (Å²) in [5.74, 6) is 1.81. The average Bonchev–Trinajstić information content (AvgIpc) is 2.82. The molecule has 0 saturated carbocycles. The quantitative estimate of drug-likeness (QED) is 0.685. The predicted octanol–water partition coefficient (Wildman–Crippen LogP) is 1.98. The van der Waals surface area contributed by atoms with Crippen LogP contribution in [0.25, 0.3) is 0 Å². The zero-order valence-electron chi connectivity index (χ0n) is 13.2. The molecule has 1 aromatic heterocycles. The summed E-state index contributed by atoms with van der Waals surface area (Å²) in [6, 6.07) is 2.94. The molecule has 0 spiro atoms. The smallest absolute Gasteiger partial charge is 0.315 e. The number of hydrogen-bond donors (Lipinski definition) is 3. The third-order valence-electron chi connectivity index (χ3n) is 2.98. The summed E-state index contributed by atoms with van der Waals surface area (Å²) in [5, 5.41) is 15.2. The van der Waals surface area contributed by atoms with Crippen LogP contribution < -0.4 is 10.6 Å². The lowest BCUT2D eigenvalue weighted by Gasteiger charge is -2.18. The minimum absolute atomic E-state index is 0.223. The van der Waals surface area contributed by atoms with E-state index in [1.165, 1.54) is 0 Å². The molecular formula is C15H26N2O4. The van der Waals surface area contributed by atoms with Gasteiger partial charge in [-0.15, -0.1) is 0 Å². The number of amides is 2. The lowest BCUT2D eigenvalue weighted by atomic mass is 10.1. The van der Waals surface area contributed by atoms with E-state index in [0.29, 0.717) is 24.7 Å². The highest BCUT2D eigenvalue weighted by Gasteiger charge is 2.18. The highest BCUT2D eigenvalue weighted by Crippen LogP contribution is 2.16. The van der Waals surface area contributed by atoms with Crippen molar-refractivity contribution in [2.45, 2.75) is 39.3 Å². The van der Waals surface area contributed by atoms with Crippen LogP contribution in [-0.4, -0.2) is 37.5 Å². The number of urea groups is 1. The van der Waals surface area contributed by atoms with Crippen LogP contribution in [0.4, 0.5) is 4.79 Å². The number of aliphatic hydroxyl groups excluding tert-OH is 1. The van der Waals surface area contributed by atoms with Gasteiger partial charge >= 0.3 is 6.03 Å². The molecule has 0 fully saturated rings. The van der Waals surface area contributed by atoms with E-state index < -0.39 is 6.10 Å². The van der Waals surface area contributed by atoms with Crippen LogP contribution in [-0.2, 0) is 4.74 Å². The van der Waals surface area contributed by atoms with Crippen molar-refractivity contribution in [2.75, 3.05) is 20.3 Å². The molecule has 2 amide bonds. The number of carbonyl (C=O) groups is 1. The molecule has 6 nitrogen and oxygen atoms in total. The summed E-state index contributed by atoms with van der Waals surface area (Å²) < 4.78 is 10.6. The summed E-state index contributed by atoms with van der Waals surface area (Å²) >= 11 is 0. The number of methoxy groups -OCH3 is 1. The van der Waals surface area contributed by atoms with Crippen LogP contribution in [0.15, 0.2) is 16.5 Å². The first-order valence-electron chi connectivity index (χ1n) is 7.20. The fourth-order valence-electron chi connectivity index (χ4n) is 2.05. The number of rotatable bonds is 8. The molecule has 1 aromatic rings. The third kappa shape index (κ3) is 6.64. The Balaban J connectivity index is 2.46. The van der Waals surface area contributed by atoms with E-state index in [1.54, 1.807) is 7.11 Å². The molecule has 0 saturated heterocycles. The largest absolute Gasteiger partial charge is 0.464 e. The van der Waals surface area contributed by atoms with Gasteiger partial charge < -0.3 is 24.9 Å². The van der Waals surface area contributed by atoms with Gasteiger partial charge in [0.05, 0.1) is 12.7 Å². The van der Waals surface area contributed by atoms with Gasteiger partial charge in [0.25, 0.3) is 0 Å². The molecule has 6 heteroatoms. The zero-order chi connectivity index (χ0) is 15.8. The van der Waals surface area contributed by atoms with Crippen molar-refractivity contribution in [3.63, 3.8) is 0 Å². The second-order valence-electron chi connectivity index (χ2n) is 5.59. The summed E-state index contributed by atoms with van der Waals surface area (Å²) in [4.78, 5) is 11.9. The SMILES string of the molecule is COCC(NC(=O)NCC(O)CC(C)C)c1ccc(C)o1. The maximum atomic E-state index is 11.9. The Labute approximate surface area is 125 Å². The lowest BCUT2D eigenvalue weighted by Crippen LogP contribution is -2.42. The number of ether oxygens (including phenoxy) is 1. The molecule has 2 atom stereocenters. The van der Waals surface area contributed by atoms with Gasteiger partial charge in [-0.25, -0.2) is 4.79 Å². The second-order valence-corrected chi connectivity index (χ2v) is 5.59. The molecule has 2 unspecified atom stereocenters. The monoisotopic (exact) mass is 298 g/mol. The first-order valence-corrected chi connectivity index (χ1v) is 7.20. The molecule has 1 rings (SSSR count). The third-order valence-corrected chi connectivity index (χ3v) is 2.98. The molecule has 0 bridgehead atoms. The molecule has 120 valence electrons. The van der Waals surface area contributed by atoms with E-state index in [-0.39, 0.29) is 18.6 Å². The number of aryl methyl sites for hydroxylation is 1. The maximum Gasteiger partial charge on any atom is 0.315 e. The Morgan fingerprint density at radius 3 is 2.67 bits per heavy atom. The minimum atomic E-state index is -0.539. The molecule has 0 aromatic carbocycles. The molecule has 21 heavy (non-hydrogen) atoms. The van der Waals surface area contributed by atoms with Gasteiger partial charge in [0.15, 0.2) is 0 Å². The van der Waals surface area contributed by atoms with Crippen LogP contribution in [0.1, 0.15) is 37.8 Å². The number of nitrogens with one attached hydrogen (secondary N) is 2. The van der Waals surface area contributed by atoms with Gasteiger partial charge in [-0.3, -0.25) is 0 Å². The standard InChI is InChI=1S/C15H26N2O4/c1-10(2)7-12(18)8-16-15(19)17-13(9-20-4)14-6-5-11(3)21-14/h5-6,10,12-13,18H,7-9H2,1-4H3,(H2,16,17,19). The van der Waals surface area contributed by atoms with Crippen molar-refractivity contribution >= 4 is 6.03 Å². The fraction of sp³-hybridized carbons (Fsp3) is 0.667. The Morgan fingerprint density at radius 2 is 2.14 bits per heavy atom. The molecule has 3 N–H and O–H groups in total. The van der Waals surface area contributed by atoms with Crippen molar-refractivity contribution in [1.29, 1.82) is 0 Å². The zero-order valence-corrected chi connectivity index (χ0v) is 13.2. The molecule has 0 aliphatic rings. The predicted molar refractivity (Wildman–Crippen MR) is 80.1 cm³/mol. The van der Waals surface area contributed by atoms with E-state index in [4.69, 9.17) is 9.15 Å². The van der Waals surface area contributed by atoms with Gasteiger partial charge in [-0.2, -0.15) is 0 Å². The van der Waals surface area contributed by atoms with E-state index in [9.17, 15) is 9.90 Å². The van der Waals surface area contributed by atoms with Crippen molar-refractivity contribution < 1.29 is 19.1 Å². The first-order chi connectivity index (χ1) is 9.92. The Bertz CT molecular complexity index is 431. The van der Waals surface area contributed by atoms with Gasteiger partial charge in [0, 0.05) is 13.7 Å². The number of hydrogen-bond acceptors (Lipinski definition) is 4. The topological polar surface area (TPSA) is 83.7 Å². The summed E-state index contributed by atoms with van der Waals surface area (Å²) in [6.45, 7) is 6.43. The van der Waals surface area contributed by atoms with E-state index in [2.05, 4.69) is 10.6 Å². The number of carbonyl (C=O) groups excluding carboxylic acids is 1. The van der Waals surface area contributed by atoms with Crippen LogP contribution in [0.2, 0.25) is 0 Å². The average molecular weight is 298 g/mol.